The molecule has 0 N–H and O–H groups in total. The van der Waals surface area contributed by atoms with E-state index in [0.717, 1.165) is 22.5 Å². The summed E-state index contributed by atoms with van der Waals surface area (Å²) in [6, 6.07) is 24.0. The Hall–Kier alpha value is -4.13. The molecule has 2 aliphatic heterocycles. The van der Waals surface area contributed by atoms with Gasteiger partial charge in [-0.2, -0.15) is 5.26 Å². The van der Waals surface area contributed by atoms with Gasteiger partial charge in [0, 0.05) is 11.4 Å². The van der Waals surface area contributed by atoms with Crippen LogP contribution in [0.1, 0.15) is 22.7 Å². The van der Waals surface area contributed by atoms with Gasteiger partial charge in [0.2, 0.25) is 0 Å². The first-order valence-electron chi connectivity index (χ1n) is 10.3. The van der Waals surface area contributed by atoms with Gasteiger partial charge < -0.3 is 4.74 Å². The molecule has 3 aromatic carbocycles. The Kier molecular flexibility index (Phi) is 4.66. The third-order valence-corrected chi connectivity index (χ3v) is 6.20. The molecule has 2 aliphatic rings. The molecular formula is C26H20N4O2. The highest BCUT2D eigenvalue weighted by Crippen LogP contribution is 2.51. The Morgan fingerprint density at radius 2 is 1.75 bits per heavy atom. The van der Waals surface area contributed by atoms with Crippen LogP contribution in [0.5, 0.6) is 0 Å². The molecule has 2 fully saturated rings. The highest BCUT2D eigenvalue weighted by Gasteiger charge is 2.62. The SMILES string of the molecule is [C-]#[N+]c1cccc(C2N(c3ccc(C)cc3)C(=O)N(c3ccc(C#N)cc3)C23COC3)c1. The molecule has 2 saturated heterocycles. The van der Waals surface area contributed by atoms with E-state index in [1.807, 2.05) is 66.4 Å². The molecule has 0 aliphatic carbocycles. The first kappa shape index (κ1) is 19.8. The highest BCUT2D eigenvalue weighted by molar-refractivity contribution is 6.09. The molecule has 0 aromatic heterocycles. The van der Waals surface area contributed by atoms with Crippen LogP contribution in [0.2, 0.25) is 0 Å². The summed E-state index contributed by atoms with van der Waals surface area (Å²) in [7, 11) is 0. The van der Waals surface area contributed by atoms with Crippen LogP contribution in [0.3, 0.4) is 0 Å². The number of rotatable bonds is 3. The van der Waals surface area contributed by atoms with Crippen molar-refractivity contribution in [3.8, 4) is 6.07 Å². The van der Waals surface area contributed by atoms with E-state index >= 15 is 0 Å². The fraction of sp³-hybridized carbons (Fsp3) is 0.192. The number of anilines is 2. The van der Waals surface area contributed by atoms with Crippen LogP contribution in [0.25, 0.3) is 4.85 Å². The van der Waals surface area contributed by atoms with Crippen LogP contribution in [0, 0.1) is 24.8 Å². The quantitative estimate of drug-likeness (QED) is 0.535. The Labute approximate surface area is 186 Å². The lowest BCUT2D eigenvalue weighted by Gasteiger charge is -2.47. The van der Waals surface area contributed by atoms with E-state index in [1.165, 1.54) is 0 Å². The number of benzene rings is 3. The van der Waals surface area contributed by atoms with Crippen molar-refractivity contribution in [1.29, 1.82) is 5.26 Å². The van der Waals surface area contributed by atoms with E-state index in [9.17, 15) is 10.1 Å². The van der Waals surface area contributed by atoms with Crippen molar-refractivity contribution in [3.63, 3.8) is 0 Å². The minimum absolute atomic E-state index is 0.153. The number of hydrogen-bond acceptors (Lipinski definition) is 3. The van der Waals surface area contributed by atoms with Crippen molar-refractivity contribution in [2.75, 3.05) is 23.0 Å². The number of hydrogen-bond donors (Lipinski definition) is 0. The van der Waals surface area contributed by atoms with Gasteiger partial charge in [-0.3, -0.25) is 9.80 Å². The maximum atomic E-state index is 14.0. The average molecular weight is 420 g/mol. The number of urea groups is 1. The number of nitriles is 1. The van der Waals surface area contributed by atoms with E-state index in [4.69, 9.17) is 11.3 Å². The van der Waals surface area contributed by atoms with Crippen LogP contribution >= 0.6 is 0 Å². The third kappa shape index (κ3) is 2.93. The summed E-state index contributed by atoms with van der Waals surface area (Å²) in [4.78, 5) is 21.2. The molecule has 6 heteroatoms. The van der Waals surface area contributed by atoms with Crippen LogP contribution < -0.4 is 9.80 Å². The molecule has 0 bridgehead atoms. The van der Waals surface area contributed by atoms with Crippen LogP contribution in [0.4, 0.5) is 21.9 Å². The van der Waals surface area contributed by atoms with E-state index in [1.54, 1.807) is 23.1 Å². The van der Waals surface area contributed by atoms with Gasteiger partial charge in [0.05, 0.1) is 37.5 Å². The fourth-order valence-corrected chi connectivity index (χ4v) is 4.61. The van der Waals surface area contributed by atoms with Crippen molar-refractivity contribution in [3.05, 3.63) is 101 Å². The van der Waals surface area contributed by atoms with Crippen LogP contribution in [-0.2, 0) is 4.74 Å². The van der Waals surface area contributed by atoms with Gasteiger partial charge in [0.15, 0.2) is 5.69 Å². The largest absolute Gasteiger partial charge is 0.376 e. The monoisotopic (exact) mass is 420 g/mol. The summed E-state index contributed by atoms with van der Waals surface area (Å²) in [5.74, 6) is 0. The maximum absolute atomic E-state index is 14.0. The second-order valence-corrected chi connectivity index (χ2v) is 8.19. The van der Waals surface area contributed by atoms with Crippen molar-refractivity contribution in [1.82, 2.24) is 0 Å². The second-order valence-electron chi connectivity index (χ2n) is 8.19. The summed E-state index contributed by atoms with van der Waals surface area (Å²) in [5.41, 5.74) is 3.97. The Balaban J connectivity index is 1.70. The number of carbonyl (C=O) groups excluding carboxylic acids is 1. The average Bonchev–Trinajstić information content (AvgIpc) is 3.09. The van der Waals surface area contributed by atoms with Crippen molar-refractivity contribution in [2.24, 2.45) is 0 Å². The third-order valence-electron chi connectivity index (χ3n) is 6.20. The summed E-state index contributed by atoms with van der Waals surface area (Å²) in [6.45, 7) is 10.2. The van der Waals surface area contributed by atoms with Crippen molar-refractivity contribution in [2.45, 2.75) is 18.5 Å². The molecule has 1 spiro atoms. The van der Waals surface area contributed by atoms with Gasteiger partial charge in [0.1, 0.15) is 5.54 Å². The molecular weight excluding hydrogens is 400 g/mol. The Bertz CT molecular complexity index is 1260. The molecule has 5 rings (SSSR count). The number of carbonyl (C=O) groups is 1. The molecule has 3 aromatic rings. The normalized spacial score (nSPS) is 18.8. The summed E-state index contributed by atoms with van der Waals surface area (Å²) >= 11 is 0. The van der Waals surface area contributed by atoms with Gasteiger partial charge in [-0.1, -0.05) is 42.0 Å². The van der Waals surface area contributed by atoms with Crippen molar-refractivity contribution < 1.29 is 9.53 Å². The van der Waals surface area contributed by atoms with Gasteiger partial charge in [-0.05, 0) is 48.9 Å². The second kappa shape index (κ2) is 7.53. The number of amides is 2. The molecule has 2 heterocycles. The maximum Gasteiger partial charge on any atom is 0.330 e. The smallest absolute Gasteiger partial charge is 0.330 e. The topological polar surface area (TPSA) is 60.9 Å². The lowest BCUT2D eigenvalue weighted by molar-refractivity contribution is -0.0579. The van der Waals surface area contributed by atoms with Crippen LogP contribution in [-0.4, -0.2) is 24.8 Å². The minimum Gasteiger partial charge on any atom is -0.376 e. The minimum atomic E-state index is -0.614. The van der Waals surface area contributed by atoms with Crippen LogP contribution in [0.15, 0.2) is 72.8 Å². The van der Waals surface area contributed by atoms with E-state index in [0.29, 0.717) is 24.5 Å². The molecule has 156 valence electrons. The lowest BCUT2D eigenvalue weighted by atomic mass is 9.82. The summed E-state index contributed by atoms with van der Waals surface area (Å²) in [6.07, 6.45) is 0. The standard InChI is InChI=1S/C26H20N4O2/c1-18-6-10-22(11-7-18)29-24(20-4-3-5-21(14-20)28-2)26(16-32-17-26)30(25(29)31)23-12-8-19(15-27)9-13-23/h3-14,24H,16-17H2,1H3. The predicted octanol–water partition coefficient (Wildman–Crippen LogP) is 5.37. The molecule has 1 unspecified atom stereocenters. The zero-order chi connectivity index (χ0) is 22.3. The zero-order valence-electron chi connectivity index (χ0n) is 17.5. The van der Waals surface area contributed by atoms with E-state index < -0.39 is 5.54 Å². The molecule has 6 nitrogen and oxygen atoms in total. The number of ether oxygens (including phenoxy) is 1. The molecule has 0 radical (unpaired) electrons. The fourth-order valence-electron chi connectivity index (χ4n) is 4.61. The van der Waals surface area contributed by atoms with Gasteiger partial charge in [-0.25, -0.2) is 9.64 Å². The zero-order valence-corrected chi connectivity index (χ0v) is 17.5. The first-order chi connectivity index (χ1) is 15.6. The molecule has 1 atom stereocenters. The van der Waals surface area contributed by atoms with E-state index in [-0.39, 0.29) is 12.1 Å². The Morgan fingerprint density at radius 1 is 1.06 bits per heavy atom. The molecule has 0 saturated carbocycles. The number of aryl methyl sites for hydroxylation is 1. The van der Waals surface area contributed by atoms with E-state index in [2.05, 4.69) is 10.9 Å². The Morgan fingerprint density at radius 3 is 2.34 bits per heavy atom. The van der Waals surface area contributed by atoms with Crippen molar-refractivity contribution >= 4 is 23.1 Å². The highest BCUT2D eigenvalue weighted by atomic mass is 16.5. The first-order valence-corrected chi connectivity index (χ1v) is 10.3. The summed E-state index contributed by atoms with van der Waals surface area (Å²) in [5, 5.41) is 9.18. The number of nitrogens with zero attached hydrogens (tertiary/aromatic N) is 4. The molecule has 32 heavy (non-hydrogen) atoms. The lowest BCUT2D eigenvalue weighted by Crippen LogP contribution is -2.62. The predicted molar refractivity (Wildman–Crippen MR) is 122 cm³/mol. The summed E-state index contributed by atoms with van der Waals surface area (Å²) < 4.78 is 5.68. The van der Waals surface area contributed by atoms with Gasteiger partial charge >= 0.3 is 6.03 Å². The molecule has 2 amide bonds. The van der Waals surface area contributed by atoms with Gasteiger partial charge in [-0.15, -0.1) is 0 Å². The van der Waals surface area contributed by atoms with Gasteiger partial charge in [0.25, 0.3) is 0 Å².